The molecule has 0 bridgehead atoms. The second kappa shape index (κ2) is 10.8. The average molecular weight is 482 g/mol. The van der Waals surface area contributed by atoms with Crippen molar-refractivity contribution >= 4 is 28.5 Å². The van der Waals surface area contributed by atoms with Crippen molar-refractivity contribution in [3.8, 4) is 0 Å². The third-order valence-corrected chi connectivity index (χ3v) is 5.33. The van der Waals surface area contributed by atoms with Crippen molar-refractivity contribution in [3.63, 3.8) is 0 Å². The molecule has 0 saturated heterocycles. The van der Waals surface area contributed by atoms with Gasteiger partial charge in [0.2, 0.25) is 5.91 Å². The highest BCUT2D eigenvalue weighted by atomic mass is 16.6. The molecule has 0 radical (unpaired) electrons. The lowest BCUT2D eigenvalue weighted by atomic mass is 10.0. The number of fused-ring (bicyclic) bond motifs is 1. The third-order valence-electron chi connectivity index (χ3n) is 5.33. The number of ether oxygens (including phenoxy) is 1. The summed E-state index contributed by atoms with van der Waals surface area (Å²) in [4.78, 5) is 62.0. The fourth-order valence-electron chi connectivity index (χ4n) is 3.85. The molecule has 0 fully saturated rings. The fraction of sp³-hybridized carbons (Fsp3) is 0.333. The van der Waals surface area contributed by atoms with Crippen molar-refractivity contribution < 1.29 is 19.2 Å². The van der Waals surface area contributed by atoms with E-state index >= 15 is 0 Å². The molecule has 2 aromatic carbocycles. The van der Waals surface area contributed by atoms with Crippen molar-refractivity contribution in [2.75, 3.05) is 0 Å². The normalized spacial score (nSPS) is 11.9. The number of esters is 1. The van der Waals surface area contributed by atoms with E-state index in [1.54, 1.807) is 51.1 Å². The monoisotopic (exact) mass is 482 g/mol. The topological polar surface area (TPSA) is 143 Å². The Kier molecular flexibility index (Phi) is 7.80. The van der Waals surface area contributed by atoms with Crippen LogP contribution in [0.3, 0.4) is 0 Å². The quantitative estimate of drug-likeness (QED) is 0.280. The van der Waals surface area contributed by atoms with Crippen LogP contribution >= 0.6 is 0 Å². The van der Waals surface area contributed by atoms with E-state index in [1.807, 2.05) is 0 Å². The zero-order valence-corrected chi connectivity index (χ0v) is 19.6. The van der Waals surface area contributed by atoms with E-state index in [2.05, 4.69) is 5.32 Å². The average Bonchev–Trinajstić information content (AvgIpc) is 2.81. The van der Waals surface area contributed by atoms with Gasteiger partial charge in [-0.3, -0.25) is 33.6 Å². The van der Waals surface area contributed by atoms with E-state index in [4.69, 9.17) is 4.74 Å². The minimum absolute atomic E-state index is 0.115. The Morgan fingerprint density at radius 1 is 1.06 bits per heavy atom. The molecule has 184 valence electrons. The molecule has 1 unspecified atom stereocenters. The van der Waals surface area contributed by atoms with E-state index in [-0.39, 0.29) is 35.1 Å². The Balaban J connectivity index is 1.99. The van der Waals surface area contributed by atoms with Gasteiger partial charge >= 0.3 is 11.7 Å². The van der Waals surface area contributed by atoms with Crippen LogP contribution < -0.4 is 16.6 Å². The number of nitrogens with zero attached hydrogens (tertiary/aromatic N) is 3. The lowest BCUT2D eigenvalue weighted by Crippen LogP contribution is -2.43. The van der Waals surface area contributed by atoms with Gasteiger partial charge in [-0.15, -0.1) is 0 Å². The van der Waals surface area contributed by atoms with E-state index in [1.165, 1.54) is 22.8 Å². The third kappa shape index (κ3) is 5.62. The van der Waals surface area contributed by atoms with Crippen molar-refractivity contribution in [2.24, 2.45) is 0 Å². The summed E-state index contributed by atoms with van der Waals surface area (Å²) in [5, 5.41) is 14.5. The number of carbonyl (C=O) groups is 2. The Morgan fingerprint density at radius 2 is 1.71 bits per heavy atom. The van der Waals surface area contributed by atoms with Crippen molar-refractivity contribution in [1.29, 1.82) is 0 Å². The van der Waals surface area contributed by atoms with Crippen LogP contribution in [0.1, 0.15) is 38.8 Å². The standard InChI is InChI=1S/C24H26N4O7/c1-4-26-23(31)17-10-6-7-11-19(17)27(24(26)32)14-21(29)25-18(13-22(30)35-15(2)3)16-9-5-8-12-20(16)28(33)34/h5-12,15,18H,4,13-14H2,1-3H3,(H,25,29). The molecule has 0 aliphatic heterocycles. The lowest BCUT2D eigenvalue weighted by Gasteiger charge is -2.20. The summed E-state index contributed by atoms with van der Waals surface area (Å²) in [5.74, 6) is -1.32. The highest BCUT2D eigenvalue weighted by molar-refractivity contribution is 5.82. The highest BCUT2D eigenvalue weighted by Gasteiger charge is 2.27. The number of rotatable bonds is 9. The second-order valence-electron chi connectivity index (χ2n) is 8.11. The zero-order chi connectivity index (χ0) is 25.7. The van der Waals surface area contributed by atoms with Gasteiger partial charge in [0.25, 0.3) is 11.2 Å². The van der Waals surface area contributed by atoms with Crippen molar-refractivity contribution in [1.82, 2.24) is 14.5 Å². The number of nitro groups is 1. The summed E-state index contributed by atoms with van der Waals surface area (Å²) >= 11 is 0. The number of hydrogen-bond donors (Lipinski definition) is 1. The van der Waals surface area contributed by atoms with Crippen LogP contribution in [-0.4, -0.2) is 32.0 Å². The zero-order valence-electron chi connectivity index (χ0n) is 19.6. The van der Waals surface area contributed by atoms with Crippen LogP contribution in [0.4, 0.5) is 5.69 Å². The number of carbonyl (C=O) groups excluding carboxylic acids is 2. The fourth-order valence-corrected chi connectivity index (χ4v) is 3.85. The Morgan fingerprint density at radius 3 is 2.37 bits per heavy atom. The number of para-hydroxylation sites is 2. The van der Waals surface area contributed by atoms with Gasteiger partial charge in [-0.05, 0) is 32.9 Å². The molecule has 0 spiro atoms. The van der Waals surface area contributed by atoms with E-state index in [9.17, 15) is 29.3 Å². The Bertz CT molecular complexity index is 1390. The number of benzene rings is 2. The van der Waals surface area contributed by atoms with Crippen molar-refractivity contribution in [3.05, 3.63) is 85.0 Å². The smallest absolute Gasteiger partial charge is 0.331 e. The van der Waals surface area contributed by atoms with Gasteiger partial charge in [-0.25, -0.2) is 4.79 Å². The summed E-state index contributed by atoms with van der Waals surface area (Å²) in [6.45, 7) is 4.63. The number of aromatic nitrogens is 2. The minimum Gasteiger partial charge on any atom is -0.463 e. The largest absolute Gasteiger partial charge is 0.463 e. The van der Waals surface area contributed by atoms with Gasteiger partial charge in [-0.1, -0.05) is 30.3 Å². The predicted molar refractivity (Wildman–Crippen MR) is 128 cm³/mol. The molecule has 11 nitrogen and oxygen atoms in total. The number of hydrogen-bond acceptors (Lipinski definition) is 7. The molecule has 1 N–H and O–H groups in total. The molecule has 0 saturated carbocycles. The van der Waals surface area contributed by atoms with Gasteiger partial charge in [0, 0.05) is 12.6 Å². The van der Waals surface area contributed by atoms with Crippen LogP contribution in [0.25, 0.3) is 10.9 Å². The van der Waals surface area contributed by atoms with Crippen molar-refractivity contribution in [2.45, 2.75) is 52.4 Å². The molecular weight excluding hydrogens is 456 g/mol. The number of amides is 1. The summed E-state index contributed by atoms with van der Waals surface area (Å²) in [6.07, 6.45) is -0.761. The van der Waals surface area contributed by atoms with E-state index in [0.717, 1.165) is 4.57 Å². The lowest BCUT2D eigenvalue weighted by molar-refractivity contribution is -0.385. The van der Waals surface area contributed by atoms with Gasteiger partial charge in [0.15, 0.2) is 0 Å². The van der Waals surface area contributed by atoms with Crippen LogP contribution in [0.5, 0.6) is 0 Å². The first-order valence-electron chi connectivity index (χ1n) is 11.1. The number of nitro benzene ring substituents is 1. The molecule has 35 heavy (non-hydrogen) atoms. The second-order valence-corrected chi connectivity index (χ2v) is 8.11. The maximum atomic E-state index is 13.1. The minimum atomic E-state index is -1.07. The van der Waals surface area contributed by atoms with Gasteiger partial charge in [-0.2, -0.15) is 0 Å². The molecule has 0 aliphatic rings. The maximum absolute atomic E-state index is 13.1. The SMILES string of the molecule is CCn1c(=O)c2ccccc2n(CC(=O)NC(CC(=O)OC(C)C)c2ccccc2[N+](=O)[O-])c1=O. The molecule has 1 aromatic heterocycles. The summed E-state index contributed by atoms with van der Waals surface area (Å²) in [5.41, 5.74) is -0.977. The molecule has 1 amide bonds. The summed E-state index contributed by atoms with van der Waals surface area (Å²) in [6, 6.07) is 11.1. The molecule has 3 rings (SSSR count). The molecule has 1 heterocycles. The van der Waals surface area contributed by atoms with Gasteiger partial charge in [0.05, 0.1) is 40.0 Å². The molecule has 11 heteroatoms. The first kappa shape index (κ1) is 25.3. The Hall–Kier alpha value is -4.28. The summed E-state index contributed by atoms with van der Waals surface area (Å²) < 4.78 is 7.36. The Labute approximate surface area is 200 Å². The summed E-state index contributed by atoms with van der Waals surface area (Å²) in [7, 11) is 0. The molecule has 0 aliphatic carbocycles. The van der Waals surface area contributed by atoms with Gasteiger partial charge in [0.1, 0.15) is 6.54 Å². The van der Waals surface area contributed by atoms with Crippen LogP contribution in [-0.2, 0) is 27.4 Å². The van der Waals surface area contributed by atoms with E-state index < -0.39 is 46.7 Å². The van der Waals surface area contributed by atoms with Crippen LogP contribution in [0, 0.1) is 10.1 Å². The number of nitrogens with one attached hydrogen (secondary N) is 1. The van der Waals surface area contributed by atoms with Crippen LogP contribution in [0.15, 0.2) is 58.1 Å². The molecular formula is C24H26N4O7. The maximum Gasteiger partial charge on any atom is 0.331 e. The van der Waals surface area contributed by atoms with E-state index in [0.29, 0.717) is 0 Å². The van der Waals surface area contributed by atoms with Crippen LogP contribution in [0.2, 0.25) is 0 Å². The molecule has 3 aromatic rings. The predicted octanol–water partition coefficient (Wildman–Crippen LogP) is 2.29. The first-order valence-corrected chi connectivity index (χ1v) is 11.1. The first-order chi connectivity index (χ1) is 16.6. The molecule has 1 atom stereocenters. The highest BCUT2D eigenvalue weighted by Crippen LogP contribution is 2.27. The van der Waals surface area contributed by atoms with Gasteiger partial charge < -0.3 is 10.1 Å².